The van der Waals surface area contributed by atoms with Crippen LogP contribution in [0, 0.1) is 0 Å². The molecule has 0 aromatic heterocycles. The second-order valence-electron chi connectivity index (χ2n) is 11.4. The van der Waals surface area contributed by atoms with Gasteiger partial charge in [0.1, 0.15) is 28.2 Å². The SMILES string of the molecule is COCCN(C)Cc1ccc(OC)c(C2(N3CCC[C@H]3C(=O)O)C(=O)N(S(=O)(=O)c3ccc(OC)cc3OC)c3ccc(Cl)cc32)c1. The first-order valence-corrected chi connectivity index (χ1v) is 16.7. The lowest BCUT2D eigenvalue weighted by Gasteiger charge is -2.41. The van der Waals surface area contributed by atoms with Crippen molar-refractivity contribution < 1.29 is 42.1 Å². The summed E-state index contributed by atoms with van der Waals surface area (Å²) in [5.74, 6) is -1.42. The second kappa shape index (κ2) is 13.7. The fourth-order valence-electron chi connectivity index (χ4n) is 6.56. The van der Waals surface area contributed by atoms with E-state index in [1.54, 1.807) is 24.1 Å². The first kappa shape index (κ1) is 34.5. The van der Waals surface area contributed by atoms with Crippen LogP contribution >= 0.6 is 11.6 Å². The smallest absolute Gasteiger partial charge is 0.320 e. The number of likely N-dealkylation sites (tertiary alicyclic amines) is 1. The van der Waals surface area contributed by atoms with Gasteiger partial charge in [0.15, 0.2) is 5.54 Å². The van der Waals surface area contributed by atoms with Crippen molar-refractivity contribution in [1.82, 2.24) is 9.80 Å². The number of nitrogens with zero attached hydrogens (tertiary/aromatic N) is 3. The number of aliphatic carboxylic acids is 1. The van der Waals surface area contributed by atoms with Gasteiger partial charge < -0.3 is 24.1 Å². The van der Waals surface area contributed by atoms with Crippen molar-refractivity contribution in [2.75, 3.05) is 59.5 Å². The molecule has 5 rings (SSSR count). The Morgan fingerprint density at radius 1 is 1.00 bits per heavy atom. The van der Waals surface area contributed by atoms with Gasteiger partial charge in [0.2, 0.25) is 0 Å². The molecule has 3 aromatic rings. The minimum atomic E-state index is -4.66. The van der Waals surface area contributed by atoms with E-state index in [0.717, 1.165) is 9.87 Å². The first-order chi connectivity index (χ1) is 22.4. The standard InChI is InChI=1S/C33H38ClN3O9S/c1-35(15-16-43-2)20-21-8-12-28(45-4)25(17-21)33(36-14-6-7-27(36)31(38)39)24-18-22(34)9-11-26(24)37(32(33)40)47(41,42)30-13-10-23(44-3)19-29(30)46-5/h8-13,17-19,27H,6-7,14-16,20H2,1-5H3,(H,38,39)/t27-,33?/m0/s1. The molecule has 252 valence electrons. The third-order valence-electron chi connectivity index (χ3n) is 8.70. The highest BCUT2D eigenvalue weighted by atomic mass is 35.5. The molecule has 0 aliphatic carbocycles. The molecule has 47 heavy (non-hydrogen) atoms. The number of carboxylic acid groups (broad SMARTS) is 1. The molecule has 0 spiro atoms. The zero-order chi connectivity index (χ0) is 34.1. The Labute approximate surface area is 279 Å². The maximum atomic E-state index is 15.4. The van der Waals surface area contributed by atoms with Crippen LogP contribution in [0.2, 0.25) is 5.02 Å². The molecule has 1 saturated heterocycles. The van der Waals surface area contributed by atoms with Crippen molar-refractivity contribution in [2.24, 2.45) is 0 Å². The van der Waals surface area contributed by atoms with E-state index < -0.39 is 33.5 Å². The molecule has 12 nitrogen and oxygen atoms in total. The molecule has 0 radical (unpaired) electrons. The Hall–Kier alpha value is -3.88. The van der Waals surface area contributed by atoms with Crippen LogP contribution < -0.4 is 18.5 Å². The number of halogens is 1. The Bertz CT molecular complexity index is 1790. The van der Waals surface area contributed by atoms with Gasteiger partial charge in [0.25, 0.3) is 15.9 Å². The van der Waals surface area contributed by atoms with Crippen LogP contribution in [0.3, 0.4) is 0 Å². The summed E-state index contributed by atoms with van der Waals surface area (Å²) in [6.07, 6.45) is 0.712. The number of anilines is 1. The predicted molar refractivity (Wildman–Crippen MR) is 175 cm³/mol. The first-order valence-electron chi connectivity index (χ1n) is 14.9. The number of hydrogen-bond donors (Lipinski definition) is 1. The quantitative estimate of drug-likeness (QED) is 0.280. The Balaban J connectivity index is 1.82. The predicted octanol–water partition coefficient (Wildman–Crippen LogP) is 3.97. The van der Waals surface area contributed by atoms with E-state index in [1.807, 2.05) is 18.0 Å². The Kier molecular flexibility index (Phi) is 10.0. The van der Waals surface area contributed by atoms with Gasteiger partial charge in [-0.15, -0.1) is 0 Å². The lowest BCUT2D eigenvalue weighted by Crippen LogP contribution is -2.58. The van der Waals surface area contributed by atoms with Crippen molar-refractivity contribution in [3.05, 3.63) is 76.3 Å². The van der Waals surface area contributed by atoms with Crippen molar-refractivity contribution in [2.45, 2.75) is 35.9 Å². The second-order valence-corrected chi connectivity index (χ2v) is 13.6. The zero-order valence-corrected chi connectivity index (χ0v) is 28.4. The summed E-state index contributed by atoms with van der Waals surface area (Å²) in [4.78, 5) is 31.4. The summed E-state index contributed by atoms with van der Waals surface area (Å²) in [6, 6.07) is 12.9. The third-order valence-corrected chi connectivity index (χ3v) is 10.7. The molecule has 2 atom stereocenters. The van der Waals surface area contributed by atoms with Crippen LogP contribution in [-0.4, -0.2) is 96.4 Å². The molecule has 1 unspecified atom stereocenters. The van der Waals surface area contributed by atoms with E-state index >= 15 is 4.79 Å². The van der Waals surface area contributed by atoms with Crippen molar-refractivity contribution >= 4 is 39.2 Å². The topological polar surface area (TPSA) is 135 Å². The highest BCUT2D eigenvalue weighted by molar-refractivity contribution is 7.93. The third kappa shape index (κ3) is 5.91. The number of carbonyl (C=O) groups is 2. The summed E-state index contributed by atoms with van der Waals surface area (Å²) >= 11 is 6.58. The molecule has 0 saturated carbocycles. The fourth-order valence-corrected chi connectivity index (χ4v) is 8.34. The minimum absolute atomic E-state index is 0.0339. The summed E-state index contributed by atoms with van der Waals surface area (Å²) < 4.78 is 51.8. The van der Waals surface area contributed by atoms with Gasteiger partial charge in [0, 0.05) is 49.0 Å². The monoisotopic (exact) mass is 687 g/mol. The number of hydrogen-bond acceptors (Lipinski definition) is 10. The van der Waals surface area contributed by atoms with Crippen LogP contribution in [0.25, 0.3) is 0 Å². The normalized spacial score (nSPS) is 19.7. The number of sulfonamides is 1. The average molecular weight is 688 g/mol. The summed E-state index contributed by atoms with van der Waals surface area (Å²) in [6.45, 7) is 1.78. The van der Waals surface area contributed by atoms with E-state index in [1.165, 1.54) is 57.7 Å². The summed E-state index contributed by atoms with van der Waals surface area (Å²) in [5.41, 5.74) is -0.586. The molecular formula is C33H38ClN3O9S. The molecule has 2 aliphatic rings. The van der Waals surface area contributed by atoms with E-state index in [-0.39, 0.29) is 45.6 Å². The molecule has 2 heterocycles. The zero-order valence-electron chi connectivity index (χ0n) is 26.9. The Morgan fingerprint density at radius 2 is 1.74 bits per heavy atom. The number of likely N-dealkylation sites (N-methyl/N-ethyl adjacent to an activating group) is 1. The number of amides is 1. The molecule has 14 heteroatoms. The van der Waals surface area contributed by atoms with Crippen molar-refractivity contribution in [1.29, 1.82) is 0 Å². The van der Waals surface area contributed by atoms with Gasteiger partial charge in [-0.3, -0.25) is 19.4 Å². The lowest BCUT2D eigenvalue weighted by molar-refractivity contribution is -0.145. The van der Waals surface area contributed by atoms with E-state index in [4.69, 9.17) is 30.5 Å². The number of fused-ring (bicyclic) bond motifs is 1. The fraction of sp³-hybridized carbons (Fsp3) is 0.394. The molecule has 1 N–H and O–H groups in total. The number of benzene rings is 3. The number of carbonyl (C=O) groups excluding carboxylic acids is 1. The molecular weight excluding hydrogens is 650 g/mol. The van der Waals surface area contributed by atoms with Gasteiger partial charge in [-0.05, 0) is 67.9 Å². The van der Waals surface area contributed by atoms with Gasteiger partial charge >= 0.3 is 5.97 Å². The van der Waals surface area contributed by atoms with Crippen LogP contribution in [0.15, 0.2) is 59.5 Å². The van der Waals surface area contributed by atoms with Crippen LogP contribution in [-0.2, 0) is 36.4 Å². The van der Waals surface area contributed by atoms with E-state index in [0.29, 0.717) is 37.4 Å². The average Bonchev–Trinajstić information content (AvgIpc) is 3.64. The van der Waals surface area contributed by atoms with Crippen LogP contribution in [0.1, 0.15) is 29.5 Å². The number of methoxy groups -OCH3 is 4. The molecule has 3 aromatic carbocycles. The maximum Gasteiger partial charge on any atom is 0.320 e. The van der Waals surface area contributed by atoms with E-state index in [9.17, 15) is 18.3 Å². The lowest BCUT2D eigenvalue weighted by atomic mass is 9.80. The molecule has 2 aliphatic heterocycles. The summed E-state index contributed by atoms with van der Waals surface area (Å²) in [5, 5.41) is 10.6. The Morgan fingerprint density at radius 3 is 2.40 bits per heavy atom. The molecule has 1 fully saturated rings. The highest BCUT2D eigenvalue weighted by Crippen LogP contribution is 2.55. The van der Waals surface area contributed by atoms with E-state index in [2.05, 4.69) is 0 Å². The van der Waals surface area contributed by atoms with Gasteiger partial charge in [0.05, 0.1) is 33.6 Å². The molecule has 1 amide bonds. The van der Waals surface area contributed by atoms with Gasteiger partial charge in [-0.2, -0.15) is 0 Å². The van der Waals surface area contributed by atoms with Gasteiger partial charge in [-0.25, -0.2) is 12.7 Å². The van der Waals surface area contributed by atoms with Gasteiger partial charge in [-0.1, -0.05) is 17.7 Å². The minimum Gasteiger partial charge on any atom is -0.497 e. The largest absolute Gasteiger partial charge is 0.497 e. The summed E-state index contributed by atoms with van der Waals surface area (Å²) in [7, 11) is 3.08. The highest BCUT2D eigenvalue weighted by Gasteiger charge is 2.63. The van der Waals surface area contributed by atoms with Crippen LogP contribution in [0.5, 0.6) is 17.2 Å². The van der Waals surface area contributed by atoms with Crippen LogP contribution in [0.4, 0.5) is 5.69 Å². The van der Waals surface area contributed by atoms with Crippen molar-refractivity contribution in [3.63, 3.8) is 0 Å². The maximum absolute atomic E-state index is 15.4. The number of rotatable bonds is 13. The number of ether oxygens (including phenoxy) is 4. The molecule has 0 bridgehead atoms. The number of carboxylic acids is 1. The van der Waals surface area contributed by atoms with Crippen molar-refractivity contribution in [3.8, 4) is 17.2 Å².